The fraction of sp³-hybridized carbons (Fsp3) is 0.250. The molecule has 0 unspecified atom stereocenters. The summed E-state index contributed by atoms with van der Waals surface area (Å²) < 4.78 is 0. The fourth-order valence-electron chi connectivity index (χ4n) is 0.155. The van der Waals surface area contributed by atoms with Crippen LogP contribution >= 0.6 is 0 Å². The Morgan fingerprint density at radius 2 is 2.43 bits per heavy atom. The van der Waals surface area contributed by atoms with Gasteiger partial charge in [-0.3, -0.25) is 5.43 Å². The molecule has 7 heavy (non-hydrogen) atoms. The first kappa shape index (κ1) is 6.01. The number of nitrogens with one attached hydrogen (secondary N) is 2. The summed E-state index contributed by atoms with van der Waals surface area (Å²) in [7, 11) is 1.77. The van der Waals surface area contributed by atoms with E-state index >= 15 is 0 Å². The molecule has 0 saturated heterocycles. The number of hydrazone groups is 1. The molecule has 0 atom stereocenters. The normalized spacial score (nSPS) is 8.71. The van der Waals surface area contributed by atoms with Gasteiger partial charge in [0.05, 0.1) is 0 Å². The maximum absolute atomic E-state index is 3.60. The van der Waals surface area contributed by atoms with Crippen molar-refractivity contribution in [1.82, 2.24) is 10.7 Å². The number of hydrogen-bond donors (Lipinski definition) is 2. The Balaban J connectivity index is 2.92. The standard InChI is InChI=1S/C4H9N3/c1-3-6-7-4-5-2/h3-4,6H,1H2,2H3,(H,5,7). The van der Waals surface area contributed by atoms with Crippen LogP contribution in [-0.2, 0) is 0 Å². The molecule has 0 aromatic heterocycles. The van der Waals surface area contributed by atoms with Crippen LogP contribution in [0, 0.1) is 0 Å². The molecule has 3 heteroatoms. The van der Waals surface area contributed by atoms with Crippen molar-refractivity contribution < 1.29 is 0 Å². The predicted octanol–water partition coefficient (Wildman–Crippen LogP) is -0.118. The van der Waals surface area contributed by atoms with E-state index in [0.717, 1.165) is 0 Å². The molecule has 40 valence electrons. The van der Waals surface area contributed by atoms with E-state index in [9.17, 15) is 0 Å². The lowest BCUT2D eigenvalue weighted by atomic mass is 11.1. The summed E-state index contributed by atoms with van der Waals surface area (Å²) >= 11 is 0. The van der Waals surface area contributed by atoms with Crippen molar-refractivity contribution in [3.63, 3.8) is 0 Å². The van der Waals surface area contributed by atoms with E-state index in [1.54, 1.807) is 7.05 Å². The van der Waals surface area contributed by atoms with Crippen LogP contribution in [0.15, 0.2) is 17.9 Å². The summed E-state index contributed by atoms with van der Waals surface area (Å²) in [4.78, 5) is 0. The number of nitrogens with zero attached hydrogens (tertiary/aromatic N) is 1. The minimum absolute atomic E-state index is 1.49. The molecule has 0 rings (SSSR count). The molecule has 0 radical (unpaired) electrons. The van der Waals surface area contributed by atoms with Crippen LogP contribution in [0.3, 0.4) is 0 Å². The highest BCUT2D eigenvalue weighted by atomic mass is 15.3. The Labute approximate surface area is 43.1 Å². The van der Waals surface area contributed by atoms with Gasteiger partial charge in [-0.25, -0.2) is 0 Å². The Morgan fingerprint density at radius 1 is 1.71 bits per heavy atom. The van der Waals surface area contributed by atoms with Crippen molar-refractivity contribution in [2.45, 2.75) is 0 Å². The van der Waals surface area contributed by atoms with E-state index < -0.39 is 0 Å². The second-order valence-corrected chi connectivity index (χ2v) is 0.880. The van der Waals surface area contributed by atoms with Gasteiger partial charge in [0.15, 0.2) is 0 Å². The van der Waals surface area contributed by atoms with Gasteiger partial charge in [-0.2, -0.15) is 5.10 Å². The van der Waals surface area contributed by atoms with Crippen molar-refractivity contribution in [3.05, 3.63) is 12.8 Å². The van der Waals surface area contributed by atoms with E-state index in [-0.39, 0.29) is 0 Å². The Morgan fingerprint density at radius 3 is 2.86 bits per heavy atom. The van der Waals surface area contributed by atoms with E-state index in [2.05, 4.69) is 22.4 Å². The van der Waals surface area contributed by atoms with Crippen LogP contribution < -0.4 is 10.7 Å². The van der Waals surface area contributed by atoms with E-state index in [4.69, 9.17) is 0 Å². The minimum Gasteiger partial charge on any atom is -0.378 e. The zero-order valence-electron chi connectivity index (χ0n) is 4.31. The molecular weight excluding hydrogens is 90.1 g/mol. The van der Waals surface area contributed by atoms with E-state index in [0.29, 0.717) is 0 Å². The number of rotatable bonds is 3. The smallest absolute Gasteiger partial charge is 0.108 e. The minimum atomic E-state index is 1.49. The van der Waals surface area contributed by atoms with Crippen LogP contribution in [0.4, 0.5) is 0 Å². The lowest BCUT2D eigenvalue weighted by Crippen LogP contribution is -2.04. The Kier molecular flexibility index (Phi) is 4.30. The highest BCUT2D eigenvalue weighted by Gasteiger charge is 1.56. The molecule has 0 aliphatic rings. The van der Waals surface area contributed by atoms with Crippen molar-refractivity contribution >= 4 is 6.34 Å². The van der Waals surface area contributed by atoms with Gasteiger partial charge < -0.3 is 5.32 Å². The monoisotopic (exact) mass is 99.1 g/mol. The van der Waals surface area contributed by atoms with Crippen molar-refractivity contribution in [2.75, 3.05) is 7.05 Å². The predicted molar refractivity (Wildman–Crippen MR) is 30.9 cm³/mol. The van der Waals surface area contributed by atoms with Crippen LogP contribution in [0.2, 0.25) is 0 Å². The van der Waals surface area contributed by atoms with E-state index in [1.165, 1.54) is 12.5 Å². The van der Waals surface area contributed by atoms with Crippen molar-refractivity contribution in [1.29, 1.82) is 0 Å². The molecule has 0 aliphatic carbocycles. The first-order valence-electron chi connectivity index (χ1n) is 1.97. The third-order valence-corrected chi connectivity index (χ3v) is 0.359. The third kappa shape index (κ3) is 5.01. The SMILES string of the molecule is C=CN/N=C\NC. The molecular formula is C4H9N3. The zero-order chi connectivity index (χ0) is 5.54. The Bertz CT molecular complexity index is 67.3. The summed E-state index contributed by atoms with van der Waals surface area (Å²) in [5, 5.41) is 6.30. The number of hydrogen-bond acceptors (Lipinski definition) is 2. The van der Waals surface area contributed by atoms with Gasteiger partial charge in [0.2, 0.25) is 0 Å². The Hall–Kier alpha value is -0.990. The fourth-order valence-corrected chi connectivity index (χ4v) is 0.155. The molecule has 2 N–H and O–H groups in total. The summed E-state index contributed by atoms with van der Waals surface area (Å²) in [6.45, 7) is 3.38. The maximum atomic E-state index is 3.60. The topological polar surface area (TPSA) is 36.4 Å². The first-order chi connectivity index (χ1) is 3.41. The average molecular weight is 99.1 g/mol. The zero-order valence-corrected chi connectivity index (χ0v) is 4.31. The van der Waals surface area contributed by atoms with Gasteiger partial charge in [-0.05, 0) is 0 Å². The summed E-state index contributed by atoms with van der Waals surface area (Å²) in [6.07, 6.45) is 3.02. The van der Waals surface area contributed by atoms with Crippen LogP contribution in [0.25, 0.3) is 0 Å². The van der Waals surface area contributed by atoms with Gasteiger partial charge >= 0.3 is 0 Å². The molecule has 0 saturated carbocycles. The molecule has 0 heterocycles. The first-order valence-corrected chi connectivity index (χ1v) is 1.97. The van der Waals surface area contributed by atoms with Crippen molar-refractivity contribution in [3.8, 4) is 0 Å². The molecule has 0 amide bonds. The molecule has 0 bridgehead atoms. The summed E-state index contributed by atoms with van der Waals surface area (Å²) in [5.74, 6) is 0. The van der Waals surface area contributed by atoms with Crippen LogP contribution in [-0.4, -0.2) is 13.4 Å². The molecule has 0 spiro atoms. The molecule has 0 aromatic carbocycles. The highest BCUT2D eigenvalue weighted by molar-refractivity contribution is 5.52. The summed E-state index contributed by atoms with van der Waals surface area (Å²) in [6, 6.07) is 0. The molecule has 0 aliphatic heterocycles. The van der Waals surface area contributed by atoms with Gasteiger partial charge in [-0.1, -0.05) is 6.58 Å². The van der Waals surface area contributed by atoms with Gasteiger partial charge in [-0.15, -0.1) is 0 Å². The largest absolute Gasteiger partial charge is 0.378 e. The molecule has 0 fully saturated rings. The second-order valence-electron chi connectivity index (χ2n) is 0.880. The second kappa shape index (κ2) is 5.01. The lowest BCUT2D eigenvalue weighted by Gasteiger charge is -1.84. The quantitative estimate of drug-likeness (QED) is 0.294. The summed E-state index contributed by atoms with van der Waals surface area (Å²) in [5.41, 5.74) is 2.52. The maximum Gasteiger partial charge on any atom is 0.108 e. The van der Waals surface area contributed by atoms with E-state index in [1.807, 2.05) is 0 Å². The lowest BCUT2D eigenvalue weighted by molar-refractivity contribution is 0.961. The highest BCUT2D eigenvalue weighted by Crippen LogP contribution is 1.49. The molecule has 0 aromatic rings. The van der Waals surface area contributed by atoms with Crippen LogP contribution in [0.1, 0.15) is 0 Å². The average Bonchev–Trinajstić information content (AvgIpc) is 1.69. The van der Waals surface area contributed by atoms with Crippen molar-refractivity contribution in [2.24, 2.45) is 5.10 Å². The van der Waals surface area contributed by atoms with Gasteiger partial charge in [0, 0.05) is 13.2 Å². The van der Waals surface area contributed by atoms with Crippen LogP contribution in [0.5, 0.6) is 0 Å². The van der Waals surface area contributed by atoms with Gasteiger partial charge in [0.25, 0.3) is 0 Å². The molecule has 3 nitrogen and oxygen atoms in total. The third-order valence-electron chi connectivity index (χ3n) is 0.359. The van der Waals surface area contributed by atoms with Gasteiger partial charge in [0.1, 0.15) is 6.34 Å².